The molecule has 0 aromatic heterocycles. The number of Topliss-reactive ketones (excluding diaryl/α,β-unsaturated/α-hetero) is 2. The second-order valence-electron chi connectivity index (χ2n) is 11.7. The number of benzene rings is 4. The number of phenols is 7. The third kappa shape index (κ3) is 9.78. The van der Waals surface area contributed by atoms with E-state index in [1.165, 1.54) is 24.3 Å². The Bertz CT molecular complexity index is 1780. The predicted molar refractivity (Wildman–Crippen MR) is 177 cm³/mol. The van der Waals surface area contributed by atoms with Crippen molar-refractivity contribution < 1.29 is 75.2 Å². The summed E-state index contributed by atoms with van der Waals surface area (Å²) in [6.45, 7) is -0.672. The van der Waals surface area contributed by atoms with Crippen LogP contribution in [0.4, 0.5) is 0 Å². The lowest BCUT2D eigenvalue weighted by molar-refractivity contribution is -0.277. The third-order valence-electron chi connectivity index (χ3n) is 7.95. The third-order valence-corrected chi connectivity index (χ3v) is 7.95. The van der Waals surface area contributed by atoms with E-state index in [1.807, 2.05) is 0 Å². The molecule has 1 heterocycles. The van der Waals surface area contributed by atoms with Gasteiger partial charge in [0.2, 0.25) is 6.29 Å². The summed E-state index contributed by atoms with van der Waals surface area (Å²) in [4.78, 5) is 24.8. The van der Waals surface area contributed by atoms with E-state index in [4.69, 9.17) is 14.6 Å². The van der Waals surface area contributed by atoms with Gasteiger partial charge in [-0.3, -0.25) is 9.59 Å². The lowest BCUT2D eigenvalue weighted by Gasteiger charge is -2.39. The molecule has 0 radical (unpaired) electrons. The summed E-state index contributed by atoms with van der Waals surface area (Å²) in [6, 6.07) is 16.7. The number of aromatic hydroxyl groups is 7. The minimum Gasteiger partial charge on any atom is -0.508 e. The molecule has 15 nitrogen and oxygen atoms in total. The predicted octanol–water partition coefficient (Wildman–Crippen LogP) is 2.12. The Kier molecular flexibility index (Phi) is 12.7. The van der Waals surface area contributed by atoms with Gasteiger partial charge < -0.3 is 65.6 Å². The summed E-state index contributed by atoms with van der Waals surface area (Å²) in [7, 11) is 0. The van der Waals surface area contributed by atoms with Crippen LogP contribution in [0.2, 0.25) is 0 Å². The molecular weight excluding hydrogens is 672 g/mol. The number of aliphatic hydroxyl groups is 4. The van der Waals surface area contributed by atoms with Gasteiger partial charge >= 0.3 is 0 Å². The summed E-state index contributed by atoms with van der Waals surface area (Å²) in [5, 5.41) is 106. The molecule has 1 fully saturated rings. The van der Waals surface area contributed by atoms with Crippen LogP contribution in [0.5, 0.6) is 46.0 Å². The van der Waals surface area contributed by atoms with Crippen LogP contribution >= 0.6 is 0 Å². The number of ether oxygens (including phenoxy) is 2. The number of phenolic OH excluding ortho intramolecular Hbond substituents is 7. The molecular formula is C36H38O15. The van der Waals surface area contributed by atoms with Gasteiger partial charge in [-0.05, 0) is 48.2 Å². The molecule has 5 atom stereocenters. The van der Waals surface area contributed by atoms with Crippen molar-refractivity contribution in [3.63, 3.8) is 0 Å². The maximum absolute atomic E-state index is 12.8. The molecule has 11 N–H and O–H groups in total. The van der Waals surface area contributed by atoms with E-state index in [2.05, 4.69) is 0 Å². The highest BCUT2D eigenvalue weighted by Gasteiger charge is 2.45. The fraction of sp³-hybridized carbons (Fsp3) is 0.278. The summed E-state index contributed by atoms with van der Waals surface area (Å²) in [5.41, 5.74) is 1.16. The molecule has 0 bridgehead atoms. The van der Waals surface area contributed by atoms with Gasteiger partial charge in [0.05, 0.1) is 6.61 Å². The van der Waals surface area contributed by atoms with Crippen molar-refractivity contribution in [2.45, 2.75) is 56.4 Å². The molecule has 51 heavy (non-hydrogen) atoms. The topological polar surface area (TPSA) is 275 Å². The van der Waals surface area contributed by atoms with Gasteiger partial charge in [-0.15, -0.1) is 0 Å². The van der Waals surface area contributed by atoms with Gasteiger partial charge in [0, 0.05) is 37.1 Å². The van der Waals surface area contributed by atoms with Crippen LogP contribution in [0.25, 0.3) is 0 Å². The average molecular weight is 711 g/mol. The molecule has 0 amide bonds. The SMILES string of the molecule is O=C(CCc1ccc(O)cc1)c1c(O)cc(O)cc1O.O=C(CCc1ccc(O)cc1)c1c(O)cc(O)cc1O[C@@H]1O[C@H](CO)[C@@H](O)[C@H](O)[C@H]1O. The number of ketones is 2. The van der Waals surface area contributed by atoms with Gasteiger partial charge in [-0.2, -0.15) is 0 Å². The minimum atomic E-state index is -1.73. The van der Waals surface area contributed by atoms with Crippen molar-refractivity contribution in [2.24, 2.45) is 0 Å². The second kappa shape index (κ2) is 16.9. The fourth-order valence-corrected chi connectivity index (χ4v) is 5.22. The first-order chi connectivity index (χ1) is 24.2. The lowest BCUT2D eigenvalue weighted by Crippen LogP contribution is -2.60. The molecule has 1 saturated heterocycles. The zero-order valence-electron chi connectivity index (χ0n) is 26.9. The normalized spacial score (nSPS) is 19.8. The molecule has 4 aromatic rings. The van der Waals surface area contributed by atoms with Crippen LogP contribution in [-0.2, 0) is 17.6 Å². The highest BCUT2D eigenvalue weighted by atomic mass is 16.7. The number of hydrogen-bond donors (Lipinski definition) is 11. The van der Waals surface area contributed by atoms with E-state index in [9.17, 15) is 60.7 Å². The quantitative estimate of drug-likeness (QED) is 0.0995. The summed E-state index contributed by atoms with van der Waals surface area (Å²) >= 11 is 0. The Labute approximate surface area is 290 Å². The van der Waals surface area contributed by atoms with Crippen molar-refractivity contribution in [1.82, 2.24) is 0 Å². The monoisotopic (exact) mass is 710 g/mol. The Morgan fingerprint density at radius 1 is 0.569 bits per heavy atom. The Hall–Kier alpha value is -5.58. The molecule has 0 spiro atoms. The number of aliphatic hydroxyl groups excluding tert-OH is 4. The van der Waals surface area contributed by atoms with Crippen LogP contribution in [0.15, 0.2) is 72.8 Å². The molecule has 1 aliphatic rings. The minimum absolute atomic E-state index is 0.0475. The average Bonchev–Trinajstić information content (AvgIpc) is 3.07. The molecule has 4 aromatic carbocycles. The van der Waals surface area contributed by atoms with Crippen molar-refractivity contribution in [3.8, 4) is 46.0 Å². The number of aryl methyl sites for hydroxylation is 2. The standard InChI is InChI=1S/C21H24O10.C15H14O5/c22-9-16-18(27)19(28)20(29)21(31-16)30-15-8-12(24)7-14(26)17(15)13(25)6-3-10-1-4-11(23)5-2-10;16-10-4-1-9(2-5-10)3-6-12(18)15-13(19)7-11(17)8-14(15)20/h1-2,4-5,7-8,16,18-24,26-29H,3,6,9H2;1-2,4-5,7-8,16-17,19-20H,3,6H2/t16-,18-,19+,20-,21-;/m1./s1. The molecule has 0 unspecified atom stereocenters. The molecule has 272 valence electrons. The van der Waals surface area contributed by atoms with E-state index < -0.39 is 71.9 Å². The van der Waals surface area contributed by atoms with Gasteiger partial charge in [-0.25, -0.2) is 0 Å². The van der Waals surface area contributed by atoms with Crippen LogP contribution < -0.4 is 4.74 Å². The first-order valence-electron chi connectivity index (χ1n) is 15.6. The zero-order valence-corrected chi connectivity index (χ0v) is 26.9. The molecule has 5 rings (SSSR count). The van der Waals surface area contributed by atoms with Gasteiger partial charge in [0.15, 0.2) is 11.6 Å². The van der Waals surface area contributed by atoms with Crippen LogP contribution in [0.3, 0.4) is 0 Å². The molecule has 1 aliphatic heterocycles. The van der Waals surface area contributed by atoms with Gasteiger partial charge in [0.25, 0.3) is 0 Å². The van der Waals surface area contributed by atoms with E-state index in [0.717, 1.165) is 35.4 Å². The maximum Gasteiger partial charge on any atom is 0.229 e. The van der Waals surface area contributed by atoms with Crippen LogP contribution in [0, 0.1) is 0 Å². The number of carbonyl (C=O) groups is 2. The summed E-state index contributed by atoms with van der Waals surface area (Å²) < 4.78 is 10.7. The lowest BCUT2D eigenvalue weighted by atomic mass is 9.99. The van der Waals surface area contributed by atoms with Gasteiger partial charge in [-0.1, -0.05) is 24.3 Å². The Balaban J connectivity index is 0.000000251. The Morgan fingerprint density at radius 2 is 1.00 bits per heavy atom. The van der Waals surface area contributed by atoms with Crippen molar-refractivity contribution >= 4 is 11.6 Å². The zero-order chi connectivity index (χ0) is 37.4. The van der Waals surface area contributed by atoms with E-state index in [0.29, 0.717) is 12.8 Å². The largest absolute Gasteiger partial charge is 0.508 e. The van der Waals surface area contributed by atoms with Crippen molar-refractivity contribution in [3.05, 3.63) is 95.1 Å². The Morgan fingerprint density at radius 3 is 1.47 bits per heavy atom. The van der Waals surface area contributed by atoms with Crippen molar-refractivity contribution in [2.75, 3.05) is 6.61 Å². The molecule has 0 saturated carbocycles. The first kappa shape index (κ1) is 38.2. The number of rotatable bonds is 11. The van der Waals surface area contributed by atoms with Crippen molar-refractivity contribution in [1.29, 1.82) is 0 Å². The fourth-order valence-electron chi connectivity index (χ4n) is 5.22. The summed E-state index contributed by atoms with van der Waals surface area (Å²) in [5.74, 6) is -3.22. The van der Waals surface area contributed by atoms with Crippen LogP contribution in [0.1, 0.15) is 44.7 Å². The van der Waals surface area contributed by atoms with E-state index in [-0.39, 0.29) is 47.0 Å². The summed E-state index contributed by atoms with van der Waals surface area (Å²) in [6.07, 6.45) is -7.10. The van der Waals surface area contributed by atoms with Gasteiger partial charge in [0.1, 0.15) is 81.5 Å². The second-order valence-corrected chi connectivity index (χ2v) is 11.7. The first-order valence-corrected chi connectivity index (χ1v) is 15.6. The number of carbonyl (C=O) groups excluding carboxylic acids is 2. The maximum atomic E-state index is 12.8. The smallest absolute Gasteiger partial charge is 0.229 e. The number of hydrogen-bond acceptors (Lipinski definition) is 15. The molecule has 15 heteroatoms. The van der Waals surface area contributed by atoms with E-state index in [1.54, 1.807) is 24.3 Å². The van der Waals surface area contributed by atoms with E-state index >= 15 is 0 Å². The molecule has 0 aliphatic carbocycles. The highest BCUT2D eigenvalue weighted by Crippen LogP contribution is 2.37. The van der Waals surface area contributed by atoms with Crippen LogP contribution in [-0.4, -0.2) is 105 Å². The highest BCUT2D eigenvalue weighted by molar-refractivity contribution is 6.02.